The molecule has 1 unspecified atom stereocenters. The predicted octanol–water partition coefficient (Wildman–Crippen LogP) is 2.04. The summed E-state index contributed by atoms with van der Waals surface area (Å²) in [6, 6.07) is 0. The van der Waals surface area contributed by atoms with Crippen LogP contribution in [-0.2, 0) is 5.41 Å². The molecule has 0 radical (unpaired) electrons. The van der Waals surface area contributed by atoms with Crippen molar-refractivity contribution in [1.29, 1.82) is 0 Å². The van der Waals surface area contributed by atoms with Crippen molar-refractivity contribution < 1.29 is 5.11 Å². The largest absolute Gasteiger partial charge is 0.391 e. The van der Waals surface area contributed by atoms with Crippen LogP contribution < -0.4 is 4.90 Å². The first-order chi connectivity index (χ1) is 7.88. The first-order valence-electron chi connectivity index (χ1n) is 6.11. The van der Waals surface area contributed by atoms with E-state index in [1.165, 1.54) is 24.4 Å². The van der Waals surface area contributed by atoms with Crippen LogP contribution >= 0.6 is 11.5 Å². The van der Waals surface area contributed by atoms with Gasteiger partial charge in [0.2, 0.25) is 5.13 Å². The molecule has 0 bridgehead atoms. The molecule has 1 heterocycles. The molecule has 1 aromatic heterocycles. The molecule has 0 saturated heterocycles. The zero-order valence-corrected chi connectivity index (χ0v) is 11.8. The van der Waals surface area contributed by atoms with Crippen molar-refractivity contribution in [2.45, 2.75) is 45.1 Å². The molecule has 1 saturated carbocycles. The minimum absolute atomic E-state index is 0.00923. The van der Waals surface area contributed by atoms with E-state index in [0.717, 1.165) is 11.0 Å². The van der Waals surface area contributed by atoms with E-state index < -0.39 is 0 Å². The minimum Gasteiger partial charge on any atom is -0.391 e. The number of anilines is 1. The summed E-state index contributed by atoms with van der Waals surface area (Å²) in [5, 5.41) is 10.8. The zero-order valence-electron chi connectivity index (χ0n) is 11.0. The van der Waals surface area contributed by atoms with Crippen molar-refractivity contribution in [3.8, 4) is 0 Å². The maximum absolute atomic E-state index is 9.90. The van der Waals surface area contributed by atoms with Crippen LogP contribution in [0.3, 0.4) is 0 Å². The summed E-state index contributed by atoms with van der Waals surface area (Å²) in [6.45, 7) is 6.98. The van der Waals surface area contributed by atoms with E-state index >= 15 is 0 Å². The van der Waals surface area contributed by atoms with E-state index in [9.17, 15) is 5.11 Å². The second-order valence-electron chi connectivity index (χ2n) is 5.94. The summed E-state index contributed by atoms with van der Waals surface area (Å²) >= 11 is 1.41. The molecule has 1 atom stereocenters. The van der Waals surface area contributed by atoms with E-state index in [0.29, 0.717) is 12.5 Å². The Morgan fingerprint density at radius 3 is 2.59 bits per heavy atom. The maximum atomic E-state index is 9.90. The summed E-state index contributed by atoms with van der Waals surface area (Å²) in [4.78, 5) is 6.55. The van der Waals surface area contributed by atoms with E-state index in [-0.39, 0.29) is 11.5 Å². The highest BCUT2D eigenvalue weighted by Crippen LogP contribution is 2.33. The van der Waals surface area contributed by atoms with Gasteiger partial charge in [0.25, 0.3) is 0 Å². The topological polar surface area (TPSA) is 49.2 Å². The highest BCUT2D eigenvalue weighted by molar-refractivity contribution is 7.09. The summed E-state index contributed by atoms with van der Waals surface area (Å²) in [5.41, 5.74) is -0.00923. The van der Waals surface area contributed by atoms with Gasteiger partial charge in [0.05, 0.1) is 6.10 Å². The Bertz CT molecular complexity index is 381. The zero-order chi connectivity index (χ0) is 12.6. The van der Waals surface area contributed by atoms with Crippen LogP contribution in [0.2, 0.25) is 0 Å². The van der Waals surface area contributed by atoms with Gasteiger partial charge < -0.3 is 10.0 Å². The molecule has 0 spiro atoms. The molecular formula is C12H21N3OS. The average Bonchev–Trinajstić information content (AvgIpc) is 2.93. The Balaban J connectivity index is 1.98. The average molecular weight is 255 g/mol. The molecule has 0 aliphatic heterocycles. The van der Waals surface area contributed by atoms with Gasteiger partial charge in [-0.3, -0.25) is 0 Å². The molecule has 4 nitrogen and oxygen atoms in total. The number of likely N-dealkylation sites (N-methyl/N-ethyl adjacent to an activating group) is 1. The number of hydrogen-bond donors (Lipinski definition) is 1. The second kappa shape index (κ2) is 4.53. The predicted molar refractivity (Wildman–Crippen MR) is 70.6 cm³/mol. The lowest BCUT2D eigenvalue weighted by molar-refractivity contribution is 0.158. The van der Waals surface area contributed by atoms with E-state index in [1.807, 2.05) is 11.9 Å². The highest BCUT2D eigenvalue weighted by atomic mass is 32.1. The molecule has 1 fully saturated rings. The van der Waals surface area contributed by atoms with Gasteiger partial charge >= 0.3 is 0 Å². The van der Waals surface area contributed by atoms with Crippen molar-refractivity contribution in [2.24, 2.45) is 5.92 Å². The molecule has 1 aromatic rings. The first-order valence-corrected chi connectivity index (χ1v) is 6.88. The smallest absolute Gasteiger partial charge is 0.205 e. The van der Waals surface area contributed by atoms with E-state index in [2.05, 4.69) is 30.1 Å². The lowest BCUT2D eigenvalue weighted by Crippen LogP contribution is -2.30. The second-order valence-corrected chi connectivity index (χ2v) is 6.67. The Morgan fingerprint density at radius 1 is 1.47 bits per heavy atom. The van der Waals surface area contributed by atoms with Gasteiger partial charge in [0.1, 0.15) is 5.82 Å². The monoisotopic (exact) mass is 255 g/mol. The van der Waals surface area contributed by atoms with Gasteiger partial charge in [0, 0.05) is 30.5 Å². The van der Waals surface area contributed by atoms with Crippen LogP contribution in [0.1, 0.15) is 39.4 Å². The highest BCUT2D eigenvalue weighted by Gasteiger charge is 2.31. The number of aromatic nitrogens is 2. The fourth-order valence-corrected chi connectivity index (χ4v) is 2.49. The Kier molecular flexibility index (Phi) is 3.41. The Labute approximate surface area is 107 Å². The summed E-state index contributed by atoms with van der Waals surface area (Å²) < 4.78 is 4.38. The quantitative estimate of drug-likeness (QED) is 0.894. The molecule has 5 heteroatoms. The van der Waals surface area contributed by atoms with E-state index in [1.54, 1.807) is 0 Å². The summed E-state index contributed by atoms with van der Waals surface area (Å²) in [5.74, 6) is 1.39. The molecule has 2 rings (SSSR count). The number of aliphatic hydroxyl groups excluding tert-OH is 1. The first kappa shape index (κ1) is 12.8. The molecule has 0 amide bonds. The lowest BCUT2D eigenvalue weighted by atomic mass is 9.96. The minimum atomic E-state index is -0.220. The Hall–Kier alpha value is -0.680. The van der Waals surface area contributed by atoms with Crippen LogP contribution in [0.15, 0.2) is 0 Å². The van der Waals surface area contributed by atoms with Crippen LogP contribution in [0.5, 0.6) is 0 Å². The number of rotatable bonds is 4. The van der Waals surface area contributed by atoms with Crippen molar-refractivity contribution in [2.75, 3.05) is 18.5 Å². The number of hydrogen-bond acceptors (Lipinski definition) is 5. The van der Waals surface area contributed by atoms with Crippen LogP contribution in [0, 0.1) is 5.92 Å². The normalized spacial score (nSPS) is 18.2. The standard InChI is InChI=1S/C12H21N3OS/c1-12(2,3)10-13-11(17-14-10)15(4)7-9(16)8-5-6-8/h8-9,16H,5-7H2,1-4H3. The third kappa shape index (κ3) is 3.16. The van der Waals surface area contributed by atoms with E-state index in [4.69, 9.17) is 0 Å². The SMILES string of the molecule is CN(CC(O)C1CC1)c1nc(C(C)(C)C)ns1. The van der Waals surface area contributed by atoms with Crippen molar-refractivity contribution in [3.63, 3.8) is 0 Å². The molecule has 17 heavy (non-hydrogen) atoms. The molecule has 0 aromatic carbocycles. The summed E-state index contributed by atoms with van der Waals surface area (Å²) in [7, 11) is 1.97. The van der Waals surface area contributed by atoms with Crippen molar-refractivity contribution in [1.82, 2.24) is 9.36 Å². The molecule has 96 valence electrons. The maximum Gasteiger partial charge on any atom is 0.205 e. The van der Waals surface area contributed by atoms with Gasteiger partial charge in [-0.05, 0) is 18.8 Å². The fourth-order valence-electron chi connectivity index (χ4n) is 1.66. The van der Waals surface area contributed by atoms with Gasteiger partial charge in [0.15, 0.2) is 0 Å². The fraction of sp³-hybridized carbons (Fsp3) is 0.833. The van der Waals surface area contributed by atoms with Gasteiger partial charge in [-0.1, -0.05) is 20.8 Å². The van der Waals surface area contributed by atoms with Gasteiger partial charge in [-0.25, -0.2) is 4.98 Å². The van der Waals surface area contributed by atoms with Crippen LogP contribution in [0.4, 0.5) is 5.13 Å². The third-order valence-corrected chi connectivity index (χ3v) is 3.87. The summed E-state index contributed by atoms with van der Waals surface area (Å²) in [6.07, 6.45) is 2.11. The van der Waals surface area contributed by atoms with Crippen LogP contribution in [-0.4, -0.2) is 34.2 Å². The number of nitrogens with zero attached hydrogens (tertiary/aromatic N) is 3. The van der Waals surface area contributed by atoms with Gasteiger partial charge in [-0.2, -0.15) is 4.37 Å². The van der Waals surface area contributed by atoms with Gasteiger partial charge in [-0.15, -0.1) is 0 Å². The third-order valence-electron chi connectivity index (χ3n) is 3.04. The van der Waals surface area contributed by atoms with Crippen molar-refractivity contribution >= 4 is 16.7 Å². The lowest BCUT2D eigenvalue weighted by Gasteiger charge is -2.19. The van der Waals surface area contributed by atoms with Crippen LogP contribution in [0.25, 0.3) is 0 Å². The Morgan fingerprint density at radius 2 is 2.12 bits per heavy atom. The molecule has 1 aliphatic carbocycles. The van der Waals surface area contributed by atoms with Crippen molar-refractivity contribution in [3.05, 3.63) is 5.82 Å². The molecule has 1 aliphatic rings. The molecule has 1 N–H and O–H groups in total. The molecular weight excluding hydrogens is 234 g/mol. The number of aliphatic hydroxyl groups is 1.